The van der Waals surface area contributed by atoms with Crippen LogP contribution in [0, 0.1) is 5.92 Å². The molecule has 3 rings (SSSR count). The number of rotatable bonds is 6. The molecule has 0 radical (unpaired) electrons. The Morgan fingerprint density at radius 3 is 2.72 bits per heavy atom. The van der Waals surface area contributed by atoms with Crippen LogP contribution >= 0.6 is 11.8 Å². The summed E-state index contributed by atoms with van der Waals surface area (Å²) < 4.78 is 10.9. The van der Waals surface area contributed by atoms with Crippen molar-refractivity contribution in [1.29, 1.82) is 0 Å². The second kappa shape index (κ2) is 8.84. The van der Waals surface area contributed by atoms with Crippen LogP contribution in [0.1, 0.15) is 56.8 Å². The molecule has 1 unspecified atom stereocenters. The largest absolute Gasteiger partial charge is 0.454 e. The molecular formula is C20H29NO3S. The minimum atomic E-state index is 0.210. The van der Waals surface area contributed by atoms with Gasteiger partial charge in [0.25, 0.3) is 0 Å². The first kappa shape index (κ1) is 18.4. The molecule has 1 saturated heterocycles. The van der Waals surface area contributed by atoms with Crippen molar-refractivity contribution in [2.75, 3.05) is 25.6 Å². The van der Waals surface area contributed by atoms with Crippen molar-refractivity contribution in [2.24, 2.45) is 5.92 Å². The van der Waals surface area contributed by atoms with Crippen LogP contribution in [0.2, 0.25) is 0 Å². The summed E-state index contributed by atoms with van der Waals surface area (Å²) in [5.41, 5.74) is 1.28. The Balaban J connectivity index is 1.63. The van der Waals surface area contributed by atoms with Gasteiger partial charge in [-0.1, -0.05) is 32.8 Å². The smallest absolute Gasteiger partial charge is 0.231 e. The van der Waals surface area contributed by atoms with E-state index in [1.165, 1.54) is 5.56 Å². The first-order valence-electron chi connectivity index (χ1n) is 9.52. The molecule has 0 spiro atoms. The zero-order valence-corrected chi connectivity index (χ0v) is 16.1. The number of benzene rings is 1. The molecule has 0 aliphatic carbocycles. The highest BCUT2D eigenvalue weighted by molar-refractivity contribution is 7.99. The van der Waals surface area contributed by atoms with Gasteiger partial charge in [-0.25, -0.2) is 0 Å². The van der Waals surface area contributed by atoms with Gasteiger partial charge in [-0.15, -0.1) is 0 Å². The average molecular weight is 364 g/mol. The van der Waals surface area contributed by atoms with E-state index in [1.807, 2.05) is 17.8 Å². The van der Waals surface area contributed by atoms with E-state index in [9.17, 15) is 4.79 Å². The van der Waals surface area contributed by atoms with Gasteiger partial charge >= 0.3 is 0 Å². The highest BCUT2D eigenvalue weighted by Crippen LogP contribution is 2.40. The summed E-state index contributed by atoms with van der Waals surface area (Å²) in [6, 6.07) is 6.25. The molecule has 1 aromatic carbocycles. The molecule has 138 valence electrons. The van der Waals surface area contributed by atoms with Gasteiger partial charge in [0.2, 0.25) is 12.7 Å². The fourth-order valence-corrected chi connectivity index (χ4v) is 4.94. The van der Waals surface area contributed by atoms with Crippen molar-refractivity contribution in [1.82, 2.24) is 4.90 Å². The Kier molecular flexibility index (Phi) is 6.51. The molecule has 2 aliphatic rings. The molecule has 1 fully saturated rings. The third kappa shape index (κ3) is 4.43. The zero-order chi connectivity index (χ0) is 17.6. The standard InChI is InChI=1S/C20H29NO3S/c1-3-5-15(6-4-2)20(22)21-10-9-19(25-12-11-21)16-7-8-17-18(13-16)24-14-23-17/h7-8,13,15,19H,3-6,9-12,14H2,1-2H3. The molecule has 25 heavy (non-hydrogen) atoms. The molecule has 4 nitrogen and oxygen atoms in total. The number of carbonyl (C=O) groups is 1. The Morgan fingerprint density at radius 1 is 1.20 bits per heavy atom. The van der Waals surface area contributed by atoms with Gasteiger partial charge in [0.15, 0.2) is 11.5 Å². The molecule has 5 heteroatoms. The number of thioether (sulfide) groups is 1. The number of ether oxygens (including phenoxy) is 2. The minimum absolute atomic E-state index is 0.210. The number of fused-ring (bicyclic) bond motifs is 1. The van der Waals surface area contributed by atoms with Crippen molar-refractivity contribution in [2.45, 2.75) is 51.2 Å². The maximum atomic E-state index is 12.9. The molecule has 0 bridgehead atoms. The van der Waals surface area contributed by atoms with Gasteiger partial charge in [0.1, 0.15) is 0 Å². The Hall–Kier alpha value is -1.36. The zero-order valence-electron chi connectivity index (χ0n) is 15.3. The van der Waals surface area contributed by atoms with Gasteiger partial charge in [0.05, 0.1) is 0 Å². The quantitative estimate of drug-likeness (QED) is 0.738. The average Bonchev–Trinajstić information content (AvgIpc) is 2.95. The molecule has 0 aromatic heterocycles. The van der Waals surface area contributed by atoms with Gasteiger partial charge in [0, 0.05) is 30.0 Å². The van der Waals surface area contributed by atoms with E-state index < -0.39 is 0 Å². The lowest BCUT2D eigenvalue weighted by molar-refractivity contribution is -0.135. The predicted molar refractivity (Wildman–Crippen MR) is 102 cm³/mol. The summed E-state index contributed by atoms with van der Waals surface area (Å²) in [5, 5.41) is 0.420. The van der Waals surface area contributed by atoms with Crippen LogP contribution in [0.5, 0.6) is 11.5 Å². The molecule has 0 saturated carbocycles. The van der Waals surface area contributed by atoms with Crippen LogP contribution < -0.4 is 9.47 Å². The van der Waals surface area contributed by atoms with Gasteiger partial charge in [-0.05, 0) is 37.0 Å². The topological polar surface area (TPSA) is 38.8 Å². The molecule has 2 heterocycles. The van der Waals surface area contributed by atoms with E-state index in [1.54, 1.807) is 0 Å². The molecule has 1 atom stereocenters. The molecule has 1 amide bonds. The van der Waals surface area contributed by atoms with Crippen LogP contribution in [-0.4, -0.2) is 36.4 Å². The fourth-order valence-electron chi connectivity index (χ4n) is 3.72. The number of nitrogens with zero attached hydrogens (tertiary/aromatic N) is 1. The summed E-state index contributed by atoms with van der Waals surface area (Å²) >= 11 is 1.95. The monoisotopic (exact) mass is 363 g/mol. The molecule has 0 N–H and O–H groups in total. The lowest BCUT2D eigenvalue weighted by Gasteiger charge is -2.26. The summed E-state index contributed by atoms with van der Waals surface area (Å²) in [4.78, 5) is 15.0. The van der Waals surface area contributed by atoms with Gasteiger partial charge < -0.3 is 14.4 Å². The first-order chi connectivity index (χ1) is 12.2. The SMILES string of the molecule is CCCC(CCC)C(=O)N1CCSC(c2ccc3c(c2)OCO3)CC1. The normalized spacial score (nSPS) is 20.0. The summed E-state index contributed by atoms with van der Waals surface area (Å²) in [6.07, 6.45) is 5.20. The maximum Gasteiger partial charge on any atom is 0.231 e. The van der Waals surface area contributed by atoms with Crippen molar-refractivity contribution >= 4 is 17.7 Å². The lowest BCUT2D eigenvalue weighted by Crippen LogP contribution is -2.37. The Morgan fingerprint density at radius 2 is 1.96 bits per heavy atom. The Labute approximate surface area is 155 Å². The van der Waals surface area contributed by atoms with Crippen LogP contribution in [0.25, 0.3) is 0 Å². The van der Waals surface area contributed by atoms with E-state index in [0.717, 1.165) is 62.4 Å². The number of hydrogen-bond donors (Lipinski definition) is 0. The van der Waals surface area contributed by atoms with E-state index in [0.29, 0.717) is 18.0 Å². The van der Waals surface area contributed by atoms with Crippen LogP contribution in [-0.2, 0) is 4.79 Å². The van der Waals surface area contributed by atoms with Gasteiger partial charge in [-0.2, -0.15) is 11.8 Å². The predicted octanol–water partition coefficient (Wildman–Crippen LogP) is 4.64. The van der Waals surface area contributed by atoms with Crippen LogP contribution in [0.4, 0.5) is 0 Å². The van der Waals surface area contributed by atoms with Crippen LogP contribution in [0.3, 0.4) is 0 Å². The summed E-state index contributed by atoms with van der Waals surface area (Å²) in [6.45, 7) is 6.38. The fraction of sp³-hybridized carbons (Fsp3) is 0.650. The van der Waals surface area contributed by atoms with Gasteiger partial charge in [-0.3, -0.25) is 4.79 Å². The van der Waals surface area contributed by atoms with Crippen LogP contribution in [0.15, 0.2) is 18.2 Å². The van der Waals surface area contributed by atoms with Crippen molar-refractivity contribution in [3.63, 3.8) is 0 Å². The molecule has 2 aliphatic heterocycles. The van der Waals surface area contributed by atoms with Crippen molar-refractivity contribution < 1.29 is 14.3 Å². The second-order valence-electron chi connectivity index (χ2n) is 6.86. The summed E-state index contributed by atoms with van der Waals surface area (Å²) in [7, 11) is 0. The van der Waals surface area contributed by atoms with E-state index in [2.05, 4.69) is 30.9 Å². The molecule has 1 aromatic rings. The maximum absolute atomic E-state index is 12.9. The first-order valence-corrected chi connectivity index (χ1v) is 10.6. The highest BCUT2D eigenvalue weighted by Gasteiger charge is 2.27. The number of hydrogen-bond acceptors (Lipinski definition) is 4. The van der Waals surface area contributed by atoms with Crippen molar-refractivity contribution in [3.8, 4) is 11.5 Å². The third-order valence-corrected chi connectivity index (χ3v) is 6.37. The van der Waals surface area contributed by atoms with E-state index >= 15 is 0 Å². The lowest BCUT2D eigenvalue weighted by atomic mass is 9.96. The van der Waals surface area contributed by atoms with Crippen molar-refractivity contribution in [3.05, 3.63) is 23.8 Å². The third-order valence-electron chi connectivity index (χ3n) is 5.05. The highest BCUT2D eigenvalue weighted by atomic mass is 32.2. The molecular weight excluding hydrogens is 334 g/mol. The Bertz CT molecular complexity index is 586. The number of carbonyl (C=O) groups excluding carboxylic acids is 1. The summed E-state index contributed by atoms with van der Waals surface area (Å²) in [5.74, 6) is 3.26. The van der Waals surface area contributed by atoms with E-state index in [4.69, 9.17) is 9.47 Å². The second-order valence-corrected chi connectivity index (χ2v) is 8.17. The van der Waals surface area contributed by atoms with E-state index in [-0.39, 0.29) is 5.92 Å². The number of amides is 1. The minimum Gasteiger partial charge on any atom is -0.454 e.